The summed E-state index contributed by atoms with van der Waals surface area (Å²) in [5.74, 6) is -2.09. The van der Waals surface area contributed by atoms with E-state index in [1.165, 1.54) is 12.0 Å². The summed E-state index contributed by atoms with van der Waals surface area (Å²) in [7, 11) is 0. The molecule has 0 bridgehead atoms. The van der Waals surface area contributed by atoms with Crippen molar-refractivity contribution in [3.63, 3.8) is 0 Å². The van der Waals surface area contributed by atoms with Gasteiger partial charge in [0.25, 0.3) is 5.91 Å². The fourth-order valence-electron chi connectivity index (χ4n) is 2.35. The van der Waals surface area contributed by atoms with Gasteiger partial charge in [-0.3, -0.25) is 15.6 Å². The van der Waals surface area contributed by atoms with Crippen molar-refractivity contribution in [1.82, 2.24) is 5.43 Å². The van der Waals surface area contributed by atoms with Crippen molar-refractivity contribution in [1.29, 1.82) is 0 Å². The average Bonchev–Trinajstić information content (AvgIpc) is 2.71. The maximum absolute atomic E-state index is 13.5. The van der Waals surface area contributed by atoms with Gasteiger partial charge in [0.2, 0.25) is 0 Å². The van der Waals surface area contributed by atoms with Crippen LogP contribution in [0.1, 0.15) is 16.6 Å². The van der Waals surface area contributed by atoms with Crippen molar-refractivity contribution < 1.29 is 22.7 Å². The summed E-state index contributed by atoms with van der Waals surface area (Å²) in [6.07, 6.45) is 1.23. The van der Waals surface area contributed by atoms with Gasteiger partial charge in [-0.1, -0.05) is 12.1 Å². The van der Waals surface area contributed by atoms with Crippen LogP contribution in [0.3, 0.4) is 0 Å². The Bertz CT molecular complexity index is 800. The molecule has 2 aromatic carbocycles. The van der Waals surface area contributed by atoms with Gasteiger partial charge in [0, 0.05) is 0 Å². The lowest BCUT2D eigenvalue weighted by Crippen LogP contribution is -2.34. The Balaban J connectivity index is 1.47. The number of nitrogens with one attached hydrogen (secondary N) is 2. The Morgan fingerprint density at radius 1 is 1.04 bits per heavy atom. The van der Waals surface area contributed by atoms with Crippen LogP contribution in [0, 0.1) is 17.5 Å². The Kier molecular flexibility index (Phi) is 6.78. The quantitative estimate of drug-likeness (QED) is 0.539. The minimum atomic E-state index is -1.61. The number of hydrogen-bond acceptors (Lipinski definition) is 5. The summed E-state index contributed by atoms with van der Waals surface area (Å²) in [5, 5.41) is 0. The molecule has 1 saturated heterocycles. The molecule has 3 rings (SSSR count). The number of hydrogen-bond donors (Lipinski definition) is 2. The van der Waals surface area contributed by atoms with E-state index in [0.717, 1.165) is 23.6 Å². The smallest absolute Gasteiger partial charge is 0.276 e. The highest BCUT2D eigenvalue weighted by Gasteiger charge is 2.17. The lowest BCUT2D eigenvalue weighted by Gasteiger charge is -2.21. The topological polar surface area (TPSA) is 50.4 Å². The highest BCUT2D eigenvalue weighted by molar-refractivity contribution is 8.16. The standard InChI is InChI=1S/C18H17F3N2O2S2/c19-13-6-7-14(17(21)16(13)20)22-23-15(24)10-25-12-4-2-11(3-5-12)18-26-8-1-9-27-18/h2-7,18,22H,1,8-10H2,(H,23,24). The van der Waals surface area contributed by atoms with Gasteiger partial charge in [0.1, 0.15) is 5.75 Å². The molecule has 0 spiro atoms. The summed E-state index contributed by atoms with van der Waals surface area (Å²) >= 11 is 3.83. The molecule has 1 aliphatic heterocycles. The highest BCUT2D eigenvalue weighted by Crippen LogP contribution is 2.43. The van der Waals surface area contributed by atoms with Crippen molar-refractivity contribution in [2.75, 3.05) is 23.5 Å². The van der Waals surface area contributed by atoms with Gasteiger partial charge >= 0.3 is 0 Å². The number of anilines is 1. The fraction of sp³-hybridized carbons (Fsp3) is 0.278. The molecule has 2 N–H and O–H groups in total. The number of halogens is 3. The van der Waals surface area contributed by atoms with Gasteiger partial charge in [-0.15, -0.1) is 23.5 Å². The summed E-state index contributed by atoms with van der Waals surface area (Å²) < 4.78 is 45.3. The SMILES string of the molecule is O=C(COc1ccc(C2SCCCS2)cc1)NNc1ccc(F)c(F)c1F. The molecule has 1 fully saturated rings. The molecule has 1 heterocycles. The number of carbonyl (C=O) groups excluding carboxylic acids is 1. The predicted octanol–water partition coefficient (Wildman–Crippen LogP) is 4.49. The molecule has 2 aromatic rings. The molecule has 0 atom stereocenters. The van der Waals surface area contributed by atoms with E-state index in [-0.39, 0.29) is 12.3 Å². The zero-order valence-corrected chi connectivity index (χ0v) is 15.8. The Labute approximate surface area is 163 Å². The van der Waals surface area contributed by atoms with Crippen LogP contribution in [0.25, 0.3) is 0 Å². The van der Waals surface area contributed by atoms with E-state index in [2.05, 4.69) is 10.9 Å². The Morgan fingerprint density at radius 2 is 1.74 bits per heavy atom. The van der Waals surface area contributed by atoms with Crippen LogP contribution >= 0.6 is 23.5 Å². The normalized spacial score (nSPS) is 14.6. The van der Waals surface area contributed by atoms with Crippen LogP contribution in [0.15, 0.2) is 36.4 Å². The van der Waals surface area contributed by atoms with Crippen molar-refractivity contribution in [2.24, 2.45) is 0 Å². The molecule has 0 aromatic heterocycles. The molecule has 9 heteroatoms. The van der Waals surface area contributed by atoms with E-state index in [9.17, 15) is 18.0 Å². The summed E-state index contributed by atoms with van der Waals surface area (Å²) in [4.78, 5) is 11.8. The first-order valence-electron chi connectivity index (χ1n) is 8.19. The van der Waals surface area contributed by atoms with Gasteiger partial charge in [-0.05, 0) is 47.8 Å². The third kappa shape index (κ3) is 5.26. The van der Waals surface area contributed by atoms with E-state index in [4.69, 9.17) is 4.74 Å². The third-order valence-corrected chi connectivity index (χ3v) is 6.74. The van der Waals surface area contributed by atoms with Gasteiger partial charge in [-0.2, -0.15) is 0 Å². The second kappa shape index (κ2) is 9.27. The molecular formula is C18H17F3N2O2S2. The lowest BCUT2D eigenvalue weighted by atomic mass is 10.2. The number of amides is 1. The van der Waals surface area contributed by atoms with E-state index >= 15 is 0 Å². The number of thioether (sulfide) groups is 2. The highest BCUT2D eigenvalue weighted by atomic mass is 32.2. The molecule has 0 aliphatic carbocycles. The summed E-state index contributed by atoms with van der Waals surface area (Å²) in [6, 6.07) is 9.26. The van der Waals surface area contributed by atoms with Crippen LogP contribution < -0.4 is 15.6 Å². The van der Waals surface area contributed by atoms with E-state index < -0.39 is 23.4 Å². The lowest BCUT2D eigenvalue weighted by molar-refractivity contribution is -0.122. The number of hydrazine groups is 1. The maximum atomic E-state index is 13.5. The second-order valence-electron chi connectivity index (χ2n) is 5.68. The van der Waals surface area contributed by atoms with Crippen LogP contribution in [-0.2, 0) is 4.79 Å². The summed E-state index contributed by atoms with van der Waals surface area (Å²) in [6.45, 7) is -0.315. The van der Waals surface area contributed by atoms with Crippen LogP contribution in [0.4, 0.5) is 18.9 Å². The number of rotatable bonds is 6. The zero-order chi connectivity index (χ0) is 19.2. The fourth-order valence-corrected chi connectivity index (χ4v) is 5.24. The van der Waals surface area contributed by atoms with Crippen molar-refractivity contribution in [2.45, 2.75) is 11.0 Å². The molecule has 4 nitrogen and oxygen atoms in total. The monoisotopic (exact) mass is 414 g/mol. The molecule has 27 heavy (non-hydrogen) atoms. The molecule has 0 unspecified atom stereocenters. The van der Waals surface area contributed by atoms with Crippen LogP contribution in [0.2, 0.25) is 0 Å². The molecule has 1 aliphatic rings. The van der Waals surface area contributed by atoms with Crippen molar-refractivity contribution in [3.8, 4) is 5.75 Å². The summed E-state index contributed by atoms with van der Waals surface area (Å²) in [5.41, 5.74) is 5.20. The van der Waals surface area contributed by atoms with Crippen LogP contribution in [-0.4, -0.2) is 24.0 Å². The first kappa shape index (κ1) is 19.8. The van der Waals surface area contributed by atoms with Crippen molar-refractivity contribution >= 4 is 35.1 Å². The van der Waals surface area contributed by atoms with Gasteiger partial charge in [0.05, 0.1) is 10.3 Å². The van der Waals surface area contributed by atoms with Crippen molar-refractivity contribution in [3.05, 3.63) is 59.4 Å². The molecule has 0 saturated carbocycles. The zero-order valence-electron chi connectivity index (χ0n) is 14.1. The molecule has 144 valence electrons. The first-order chi connectivity index (χ1) is 13.0. The second-order valence-corrected chi connectivity index (χ2v) is 8.41. The Morgan fingerprint density at radius 3 is 2.44 bits per heavy atom. The number of ether oxygens (including phenoxy) is 1. The average molecular weight is 414 g/mol. The molecule has 1 amide bonds. The molecule has 0 radical (unpaired) electrons. The maximum Gasteiger partial charge on any atom is 0.276 e. The van der Waals surface area contributed by atoms with E-state index in [0.29, 0.717) is 10.3 Å². The van der Waals surface area contributed by atoms with Gasteiger partial charge < -0.3 is 4.74 Å². The van der Waals surface area contributed by atoms with Gasteiger partial charge in [-0.25, -0.2) is 13.2 Å². The van der Waals surface area contributed by atoms with E-state index in [1.807, 2.05) is 35.7 Å². The van der Waals surface area contributed by atoms with E-state index in [1.54, 1.807) is 12.1 Å². The van der Waals surface area contributed by atoms with Gasteiger partial charge in [0.15, 0.2) is 24.1 Å². The third-order valence-electron chi connectivity index (χ3n) is 3.72. The largest absolute Gasteiger partial charge is 0.484 e. The Hall–Kier alpha value is -2.00. The minimum Gasteiger partial charge on any atom is -0.484 e. The minimum absolute atomic E-state index is 0.315. The van der Waals surface area contributed by atoms with Crippen LogP contribution in [0.5, 0.6) is 5.75 Å². The first-order valence-corrected chi connectivity index (χ1v) is 10.3. The number of benzene rings is 2. The predicted molar refractivity (Wildman–Crippen MR) is 102 cm³/mol. The molecular weight excluding hydrogens is 397 g/mol. The number of carbonyl (C=O) groups is 1.